The van der Waals surface area contributed by atoms with Crippen LogP contribution >= 0.6 is 11.6 Å². The summed E-state index contributed by atoms with van der Waals surface area (Å²) >= 11 is 5.61. The third-order valence-corrected chi connectivity index (χ3v) is 2.88. The topological polar surface area (TPSA) is 62.5 Å². The molecular weight excluding hydrogens is 266 g/mol. The summed E-state index contributed by atoms with van der Waals surface area (Å²) in [4.78, 5) is 11.8. The van der Waals surface area contributed by atoms with Gasteiger partial charge in [-0.25, -0.2) is 0 Å². The molecule has 4 nitrogen and oxygen atoms in total. The zero-order chi connectivity index (χ0) is 13.7. The van der Waals surface area contributed by atoms with Crippen molar-refractivity contribution in [3.63, 3.8) is 0 Å². The van der Waals surface area contributed by atoms with Gasteiger partial charge < -0.3 is 14.8 Å². The van der Waals surface area contributed by atoms with E-state index in [2.05, 4.69) is 5.32 Å². The highest BCUT2D eigenvalue weighted by molar-refractivity contribution is 6.29. The van der Waals surface area contributed by atoms with Gasteiger partial charge in [0.15, 0.2) is 11.0 Å². The predicted molar refractivity (Wildman–Crippen MR) is 72.2 cm³/mol. The van der Waals surface area contributed by atoms with E-state index in [9.17, 15) is 9.90 Å². The fourth-order valence-corrected chi connectivity index (χ4v) is 1.90. The molecule has 1 aromatic carbocycles. The lowest BCUT2D eigenvalue weighted by Crippen LogP contribution is -2.38. The largest absolute Gasteiger partial charge is 0.440 e. The summed E-state index contributed by atoms with van der Waals surface area (Å²) in [5.41, 5.74) is 1.04. The van der Waals surface area contributed by atoms with E-state index < -0.39 is 0 Å². The van der Waals surface area contributed by atoms with E-state index >= 15 is 0 Å². The lowest BCUT2D eigenvalue weighted by Gasteiger charge is -2.15. The van der Waals surface area contributed by atoms with E-state index in [4.69, 9.17) is 16.0 Å². The van der Waals surface area contributed by atoms with Crippen LogP contribution in [0.5, 0.6) is 0 Å². The first kappa shape index (κ1) is 13.6. The molecule has 0 spiro atoms. The number of benzene rings is 1. The lowest BCUT2D eigenvalue weighted by atomic mass is 10.1. The minimum absolute atomic E-state index is 0.136. The summed E-state index contributed by atoms with van der Waals surface area (Å²) in [7, 11) is 0. The fraction of sp³-hybridized carbons (Fsp3) is 0.214. The van der Waals surface area contributed by atoms with Crippen molar-refractivity contribution in [1.29, 1.82) is 0 Å². The van der Waals surface area contributed by atoms with E-state index in [1.165, 1.54) is 12.1 Å². The Morgan fingerprint density at radius 3 is 2.58 bits per heavy atom. The maximum absolute atomic E-state index is 11.8. The molecular formula is C14H14ClNO3. The summed E-state index contributed by atoms with van der Waals surface area (Å²) < 4.78 is 5.01. The van der Waals surface area contributed by atoms with Crippen molar-refractivity contribution in [2.45, 2.75) is 12.5 Å². The Bertz CT molecular complexity index is 539. The van der Waals surface area contributed by atoms with Crippen LogP contribution < -0.4 is 5.32 Å². The van der Waals surface area contributed by atoms with Gasteiger partial charge in [0, 0.05) is 0 Å². The lowest BCUT2D eigenvalue weighted by molar-refractivity contribution is 0.0888. The Hall–Kier alpha value is -1.78. The number of carbonyl (C=O) groups excluding carboxylic acids is 1. The number of hydrogen-bond acceptors (Lipinski definition) is 3. The van der Waals surface area contributed by atoms with Crippen molar-refractivity contribution in [2.24, 2.45) is 0 Å². The number of amides is 1. The number of aliphatic hydroxyl groups is 1. The zero-order valence-electron chi connectivity index (χ0n) is 10.2. The summed E-state index contributed by atoms with van der Waals surface area (Å²) in [6.45, 7) is -0.144. The molecule has 0 unspecified atom stereocenters. The van der Waals surface area contributed by atoms with Gasteiger partial charge in [0.25, 0.3) is 5.91 Å². The second-order valence-electron chi connectivity index (χ2n) is 4.15. The maximum atomic E-state index is 11.8. The molecule has 0 aliphatic rings. The van der Waals surface area contributed by atoms with Crippen molar-refractivity contribution in [3.05, 3.63) is 59.0 Å². The van der Waals surface area contributed by atoms with Gasteiger partial charge in [-0.3, -0.25) is 4.79 Å². The second kappa shape index (κ2) is 6.41. The van der Waals surface area contributed by atoms with Crippen molar-refractivity contribution in [1.82, 2.24) is 5.32 Å². The highest BCUT2D eigenvalue weighted by Crippen LogP contribution is 2.13. The predicted octanol–water partition coefficient (Wildman–Crippen LogP) is 2.27. The molecule has 1 amide bonds. The number of halogens is 1. The Morgan fingerprint density at radius 2 is 2.00 bits per heavy atom. The van der Waals surface area contributed by atoms with Gasteiger partial charge in [-0.15, -0.1) is 0 Å². The van der Waals surface area contributed by atoms with E-state index in [1.54, 1.807) is 0 Å². The number of nitrogens with one attached hydrogen (secondary N) is 1. The molecule has 0 bridgehead atoms. The van der Waals surface area contributed by atoms with Crippen LogP contribution in [0, 0.1) is 0 Å². The van der Waals surface area contributed by atoms with Crippen LogP contribution in [0.3, 0.4) is 0 Å². The van der Waals surface area contributed by atoms with E-state index in [1.807, 2.05) is 30.3 Å². The highest BCUT2D eigenvalue weighted by Gasteiger charge is 2.16. The van der Waals surface area contributed by atoms with Crippen LogP contribution in [0.15, 0.2) is 46.9 Å². The third-order valence-electron chi connectivity index (χ3n) is 2.68. The molecule has 2 N–H and O–H groups in total. The second-order valence-corrected chi connectivity index (χ2v) is 4.52. The molecule has 1 heterocycles. The normalized spacial score (nSPS) is 12.1. The van der Waals surface area contributed by atoms with Crippen LogP contribution in [0.2, 0.25) is 5.22 Å². The number of rotatable bonds is 5. The van der Waals surface area contributed by atoms with E-state index in [0.29, 0.717) is 6.42 Å². The molecule has 1 atom stereocenters. The summed E-state index contributed by atoms with van der Waals surface area (Å²) in [5, 5.41) is 12.2. The highest BCUT2D eigenvalue weighted by atomic mass is 35.5. The molecule has 2 rings (SSSR count). The summed E-state index contributed by atoms with van der Waals surface area (Å²) in [5.74, 6) is -0.251. The van der Waals surface area contributed by atoms with E-state index in [0.717, 1.165) is 5.56 Å². The third kappa shape index (κ3) is 3.84. The van der Waals surface area contributed by atoms with Gasteiger partial charge in [0.1, 0.15) is 0 Å². The van der Waals surface area contributed by atoms with Gasteiger partial charge in [-0.05, 0) is 35.7 Å². The maximum Gasteiger partial charge on any atom is 0.287 e. The number of hydrogen-bond donors (Lipinski definition) is 2. The van der Waals surface area contributed by atoms with Gasteiger partial charge >= 0.3 is 0 Å². The first-order valence-electron chi connectivity index (χ1n) is 5.90. The molecule has 0 saturated heterocycles. The van der Waals surface area contributed by atoms with Crippen molar-refractivity contribution in [3.8, 4) is 0 Å². The number of aliphatic hydroxyl groups excluding tert-OH is 1. The average molecular weight is 280 g/mol. The fourth-order valence-electron chi connectivity index (χ4n) is 1.75. The van der Waals surface area contributed by atoms with Crippen molar-refractivity contribution >= 4 is 17.5 Å². The Labute approximate surface area is 116 Å². The molecule has 19 heavy (non-hydrogen) atoms. The van der Waals surface area contributed by atoms with Crippen LogP contribution in [-0.2, 0) is 6.42 Å². The van der Waals surface area contributed by atoms with Crippen LogP contribution in [0.25, 0.3) is 0 Å². The van der Waals surface area contributed by atoms with Gasteiger partial charge in [-0.1, -0.05) is 30.3 Å². The average Bonchev–Trinajstić information content (AvgIpc) is 2.86. The van der Waals surface area contributed by atoms with Crippen molar-refractivity contribution in [2.75, 3.05) is 6.61 Å². The molecule has 0 aliphatic heterocycles. The summed E-state index contributed by atoms with van der Waals surface area (Å²) in [6.07, 6.45) is 0.553. The molecule has 0 radical (unpaired) electrons. The minimum atomic E-state index is -0.387. The molecule has 1 aromatic heterocycles. The van der Waals surface area contributed by atoms with Gasteiger partial charge in [0.2, 0.25) is 0 Å². The van der Waals surface area contributed by atoms with E-state index in [-0.39, 0.29) is 29.5 Å². The Balaban J connectivity index is 1.97. The van der Waals surface area contributed by atoms with Crippen LogP contribution in [0.4, 0.5) is 0 Å². The Kier molecular flexibility index (Phi) is 4.60. The van der Waals surface area contributed by atoms with Crippen LogP contribution in [-0.4, -0.2) is 23.7 Å². The number of carbonyl (C=O) groups is 1. The monoisotopic (exact) mass is 279 g/mol. The molecule has 5 heteroatoms. The molecule has 2 aromatic rings. The standard InChI is InChI=1S/C14H14ClNO3/c15-13-7-6-12(19-13)14(18)16-11(9-17)8-10-4-2-1-3-5-10/h1-7,11,17H,8-9H2,(H,16,18)/t11-/m1/s1. The van der Waals surface area contributed by atoms with Crippen molar-refractivity contribution < 1.29 is 14.3 Å². The molecule has 0 fully saturated rings. The Morgan fingerprint density at radius 1 is 1.26 bits per heavy atom. The number of furan rings is 1. The van der Waals surface area contributed by atoms with Gasteiger partial charge in [-0.2, -0.15) is 0 Å². The van der Waals surface area contributed by atoms with Gasteiger partial charge in [0.05, 0.1) is 12.6 Å². The minimum Gasteiger partial charge on any atom is -0.440 e. The SMILES string of the molecule is O=C(N[C@@H](CO)Cc1ccccc1)c1ccc(Cl)o1. The quantitative estimate of drug-likeness (QED) is 0.882. The zero-order valence-corrected chi connectivity index (χ0v) is 10.9. The molecule has 0 aliphatic carbocycles. The first-order valence-corrected chi connectivity index (χ1v) is 6.28. The molecule has 100 valence electrons. The summed E-state index contributed by atoms with van der Waals surface area (Å²) in [6, 6.07) is 12.3. The molecule has 0 saturated carbocycles. The first-order chi connectivity index (χ1) is 9.19. The van der Waals surface area contributed by atoms with Crippen LogP contribution in [0.1, 0.15) is 16.1 Å². The smallest absolute Gasteiger partial charge is 0.287 e.